The van der Waals surface area contributed by atoms with E-state index in [4.69, 9.17) is 9.84 Å². The largest absolute Gasteiger partial charge is 0.477 e. The molecule has 1 atom stereocenters. The van der Waals surface area contributed by atoms with Crippen molar-refractivity contribution in [1.29, 1.82) is 0 Å². The van der Waals surface area contributed by atoms with Gasteiger partial charge in [0.05, 0.1) is 12.2 Å². The molecule has 2 heterocycles. The first kappa shape index (κ1) is 15.4. The van der Waals surface area contributed by atoms with Crippen LogP contribution in [-0.4, -0.2) is 49.1 Å². The van der Waals surface area contributed by atoms with E-state index in [0.29, 0.717) is 13.0 Å². The third kappa shape index (κ3) is 2.88. The van der Waals surface area contributed by atoms with Crippen molar-refractivity contribution in [3.05, 3.63) is 17.0 Å². The number of rotatable bonds is 4. The summed E-state index contributed by atoms with van der Waals surface area (Å²) in [5.41, 5.74) is -0.488. The van der Waals surface area contributed by atoms with Gasteiger partial charge in [0.15, 0.2) is 0 Å². The second-order valence-corrected chi connectivity index (χ2v) is 8.16. The van der Waals surface area contributed by atoms with Crippen LogP contribution in [0, 0.1) is 0 Å². The van der Waals surface area contributed by atoms with Crippen LogP contribution in [0.3, 0.4) is 0 Å². The Labute approximate surface area is 122 Å². The van der Waals surface area contributed by atoms with Gasteiger partial charge < -0.3 is 9.84 Å². The zero-order valence-corrected chi connectivity index (χ0v) is 13.0. The number of nitrogens with zero attached hydrogens (tertiary/aromatic N) is 1. The van der Waals surface area contributed by atoms with Crippen molar-refractivity contribution in [2.24, 2.45) is 0 Å². The molecule has 0 amide bonds. The fourth-order valence-corrected chi connectivity index (χ4v) is 4.85. The van der Waals surface area contributed by atoms with Crippen LogP contribution in [0.1, 0.15) is 29.9 Å². The van der Waals surface area contributed by atoms with Gasteiger partial charge in [0.1, 0.15) is 9.09 Å². The van der Waals surface area contributed by atoms with Crippen LogP contribution >= 0.6 is 11.3 Å². The molecule has 0 saturated carbocycles. The first-order valence-electron chi connectivity index (χ1n) is 6.26. The number of hydrogen-bond acceptors (Lipinski definition) is 5. The number of carbonyl (C=O) groups is 1. The van der Waals surface area contributed by atoms with E-state index < -0.39 is 21.6 Å². The summed E-state index contributed by atoms with van der Waals surface area (Å²) in [5.74, 6) is -1.11. The number of ether oxygens (including phenoxy) is 1. The van der Waals surface area contributed by atoms with Gasteiger partial charge in [-0.1, -0.05) is 6.92 Å². The Kier molecular flexibility index (Phi) is 4.19. The fourth-order valence-electron chi connectivity index (χ4n) is 2.01. The first-order valence-corrected chi connectivity index (χ1v) is 8.51. The number of carboxylic acid groups (broad SMARTS) is 1. The SMILES string of the molecule is CCC1(C)CN(S(=O)(=O)c2ccc(C(=O)O)s2)CCO1. The third-order valence-corrected chi connectivity index (χ3v) is 6.82. The van der Waals surface area contributed by atoms with Crippen molar-refractivity contribution >= 4 is 27.3 Å². The average Bonchev–Trinajstić information content (AvgIpc) is 2.89. The minimum absolute atomic E-state index is 0.0232. The second kappa shape index (κ2) is 5.44. The molecule has 8 heteroatoms. The molecule has 0 bridgehead atoms. The van der Waals surface area contributed by atoms with E-state index in [-0.39, 0.29) is 22.2 Å². The zero-order valence-electron chi connectivity index (χ0n) is 11.3. The summed E-state index contributed by atoms with van der Waals surface area (Å²) in [6.45, 7) is 4.75. The predicted octanol–water partition coefficient (Wildman–Crippen LogP) is 1.64. The number of thiophene rings is 1. The molecule has 1 aliphatic heterocycles. The lowest BCUT2D eigenvalue weighted by Crippen LogP contribution is -2.51. The minimum atomic E-state index is -3.65. The molecule has 0 radical (unpaired) electrons. The molecule has 1 aromatic rings. The van der Waals surface area contributed by atoms with Crippen LogP contribution in [0.25, 0.3) is 0 Å². The normalized spacial score (nSPS) is 24.7. The van der Waals surface area contributed by atoms with Crippen molar-refractivity contribution in [2.45, 2.75) is 30.1 Å². The number of morpholine rings is 1. The molecule has 1 fully saturated rings. The van der Waals surface area contributed by atoms with Crippen LogP contribution in [0.15, 0.2) is 16.3 Å². The monoisotopic (exact) mass is 319 g/mol. The summed E-state index contributed by atoms with van der Waals surface area (Å²) in [6, 6.07) is 2.67. The molecule has 20 heavy (non-hydrogen) atoms. The molecule has 1 aromatic heterocycles. The van der Waals surface area contributed by atoms with Crippen LogP contribution in [-0.2, 0) is 14.8 Å². The lowest BCUT2D eigenvalue weighted by molar-refractivity contribution is -0.0786. The van der Waals surface area contributed by atoms with Gasteiger partial charge in [-0.15, -0.1) is 11.3 Å². The van der Waals surface area contributed by atoms with E-state index in [2.05, 4.69) is 0 Å². The zero-order chi connectivity index (χ0) is 15.0. The van der Waals surface area contributed by atoms with Crippen molar-refractivity contribution in [2.75, 3.05) is 19.7 Å². The highest BCUT2D eigenvalue weighted by Crippen LogP contribution is 2.29. The van der Waals surface area contributed by atoms with Gasteiger partial charge in [-0.25, -0.2) is 13.2 Å². The van der Waals surface area contributed by atoms with Crippen molar-refractivity contribution in [3.8, 4) is 0 Å². The molecule has 1 N–H and O–H groups in total. The number of aromatic carboxylic acids is 1. The average molecular weight is 319 g/mol. The van der Waals surface area contributed by atoms with Gasteiger partial charge in [0.25, 0.3) is 10.0 Å². The van der Waals surface area contributed by atoms with Crippen LogP contribution in [0.5, 0.6) is 0 Å². The summed E-state index contributed by atoms with van der Waals surface area (Å²) in [4.78, 5) is 10.9. The number of hydrogen-bond donors (Lipinski definition) is 1. The molecule has 0 aliphatic carbocycles. The molecule has 2 rings (SSSR count). The van der Waals surface area contributed by atoms with E-state index in [0.717, 1.165) is 11.3 Å². The minimum Gasteiger partial charge on any atom is -0.477 e. The Morgan fingerprint density at radius 3 is 2.80 bits per heavy atom. The smallest absolute Gasteiger partial charge is 0.345 e. The molecule has 1 aliphatic rings. The second-order valence-electron chi connectivity index (χ2n) is 4.91. The van der Waals surface area contributed by atoms with Crippen molar-refractivity contribution in [3.63, 3.8) is 0 Å². The summed E-state index contributed by atoms with van der Waals surface area (Å²) < 4.78 is 32.1. The quantitative estimate of drug-likeness (QED) is 0.912. The van der Waals surface area contributed by atoms with Gasteiger partial charge >= 0.3 is 5.97 Å². The van der Waals surface area contributed by atoms with Gasteiger partial charge in [0.2, 0.25) is 0 Å². The van der Waals surface area contributed by atoms with Crippen molar-refractivity contribution in [1.82, 2.24) is 4.31 Å². The molecule has 6 nitrogen and oxygen atoms in total. The van der Waals surface area contributed by atoms with E-state index in [9.17, 15) is 13.2 Å². The highest BCUT2D eigenvalue weighted by Gasteiger charge is 2.37. The maximum absolute atomic E-state index is 12.5. The topological polar surface area (TPSA) is 83.9 Å². The molecular weight excluding hydrogens is 302 g/mol. The number of sulfonamides is 1. The van der Waals surface area contributed by atoms with E-state index in [1.807, 2.05) is 13.8 Å². The van der Waals surface area contributed by atoms with Gasteiger partial charge in [-0.2, -0.15) is 4.31 Å². The summed E-state index contributed by atoms with van der Waals surface area (Å²) >= 11 is 0.779. The van der Waals surface area contributed by atoms with Crippen LogP contribution < -0.4 is 0 Å². The molecule has 112 valence electrons. The van der Waals surface area contributed by atoms with E-state index in [1.54, 1.807) is 0 Å². The van der Waals surface area contributed by atoms with Gasteiger partial charge in [-0.3, -0.25) is 0 Å². The fraction of sp³-hybridized carbons (Fsp3) is 0.583. The Hall–Kier alpha value is -0.960. The standard InChI is InChI=1S/C12H17NO5S2/c1-3-12(2)8-13(6-7-18-12)20(16,17)10-5-4-9(19-10)11(14)15/h4-5H,3,6-8H2,1-2H3,(H,14,15). The third-order valence-electron chi connectivity index (χ3n) is 3.44. The van der Waals surface area contributed by atoms with Crippen LogP contribution in [0.4, 0.5) is 0 Å². The highest BCUT2D eigenvalue weighted by molar-refractivity contribution is 7.91. The lowest BCUT2D eigenvalue weighted by atomic mass is 10.0. The molecule has 0 spiro atoms. The Balaban J connectivity index is 2.27. The van der Waals surface area contributed by atoms with E-state index >= 15 is 0 Å². The highest BCUT2D eigenvalue weighted by atomic mass is 32.2. The first-order chi connectivity index (χ1) is 9.28. The van der Waals surface area contributed by atoms with E-state index in [1.165, 1.54) is 16.4 Å². The van der Waals surface area contributed by atoms with Crippen molar-refractivity contribution < 1.29 is 23.1 Å². The maximum atomic E-state index is 12.5. The molecule has 0 aromatic carbocycles. The lowest BCUT2D eigenvalue weighted by Gasteiger charge is -2.39. The molecule has 1 unspecified atom stereocenters. The predicted molar refractivity (Wildman–Crippen MR) is 74.7 cm³/mol. The molecular formula is C12H17NO5S2. The van der Waals surface area contributed by atoms with Gasteiger partial charge in [-0.05, 0) is 25.5 Å². The summed E-state index contributed by atoms with van der Waals surface area (Å²) in [6.07, 6.45) is 0.712. The maximum Gasteiger partial charge on any atom is 0.345 e. The summed E-state index contributed by atoms with van der Waals surface area (Å²) in [7, 11) is -3.65. The summed E-state index contributed by atoms with van der Waals surface area (Å²) in [5, 5.41) is 8.88. The van der Waals surface area contributed by atoms with Crippen LogP contribution in [0.2, 0.25) is 0 Å². The Morgan fingerprint density at radius 2 is 2.25 bits per heavy atom. The van der Waals surface area contributed by atoms with Gasteiger partial charge in [0, 0.05) is 13.1 Å². The number of carboxylic acids is 1. The molecule has 1 saturated heterocycles. The Morgan fingerprint density at radius 1 is 1.55 bits per heavy atom. The Bertz CT molecular complexity index is 609.